The molecule has 0 aliphatic heterocycles. The fourth-order valence-corrected chi connectivity index (χ4v) is 3.60. The highest BCUT2D eigenvalue weighted by atomic mass is 35.5. The molecule has 0 aliphatic carbocycles. The highest BCUT2D eigenvalue weighted by molar-refractivity contribution is 6.30. The summed E-state index contributed by atoms with van der Waals surface area (Å²) in [7, 11) is 1.58. The molecular weight excluding hydrogens is 460 g/mol. The number of aromatic nitrogens is 3. The van der Waals surface area contributed by atoms with Crippen LogP contribution in [0, 0.1) is 5.92 Å². The van der Waals surface area contributed by atoms with Crippen LogP contribution in [0.1, 0.15) is 31.4 Å². The van der Waals surface area contributed by atoms with E-state index in [-0.39, 0.29) is 18.7 Å². The van der Waals surface area contributed by atoms with Gasteiger partial charge in [-0.1, -0.05) is 50.1 Å². The van der Waals surface area contributed by atoms with Gasteiger partial charge in [0.25, 0.3) is 0 Å². The van der Waals surface area contributed by atoms with E-state index >= 15 is 0 Å². The summed E-state index contributed by atoms with van der Waals surface area (Å²) in [6.45, 7) is 3.32. The summed E-state index contributed by atoms with van der Waals surface area (Å²) in [5.74, 6) is -1.37. The first kappa shape index (κ1) is 25.0. The molecule has 0 bridgehead atoms. The number of halogens is 1. The molecule has 2 aromatic carbocycles. The molecule has 0 amide bonds. The summed E-state index contributed by atoms with van der Waals surface area (Å²) in [4.78, 5) is 44.5. The van der Waals surface area contributed by atoms with E-state index in [2.05, 4.69) is 16.9 Å². The first-order valence-corrected chi connectivity index (χ1v) is 11.2. The molecule has 0 saturated heterocycles. The average Bonchev–Trinajstić information content (AvgIpc) is 2.81. The second kappa shape index (κ2) is 11.0. The molecule has 0 radical (unpaired) electrons. The van der Waals surface area contributed by atoms with Crippen LogP contribution in [0.3, 0.4) is 0 Å². The molecule has 0 aliphatic rings. The van der Waals surface area contributed by atoms with Crippen molar-refractivity contribution in [3.8, 4) is 5.75 Å². The van der Waals surface area contributed by atoms with Crippen molar-refractivity contribution in [2.24, 2.45) is 10.9 Å². The summed E-state index contributed by atoms with van der Waals surface area (Å²) in [6, 6.07) is 12.3. The number of aromatic amines is 1. The number of carboxylic acid groups (broad SMARTS) is 1. The van der Waals surface area contributed by atoms with E-state index < -0.39 is 23.3 Å². The van der Waals surface area contributed by atoms with Gasteiger partial charge in [-0.05, 0) is 35.7 Å². The maximum atomic E-state index is 13.3. The van der Waals surface area contributed by atoms with Crippen molar-refractivity contribution in [3.05, 3.63) is 85.2 Å². The zero-order chi connectivity index (χ0) is 24.8. The lowest BCUT2D eigenvalue weighted by molar-refractivity contribution is -0.141. The predicted molar refractivity (Wildman–Crippen MR) is 129 cm³/mol. The summed E-state index contributed by atoms with van der Waals surface area (Å²) in [5.41, 5.74) is 0.912. The lowest BCUT2D eigenvalue weighted by atomic mass is 10.1. The first-order chi connectivity index (χ1) is 16.2. The second-order valence-electron chi connectivity index (χ2n) is 7.96. The summed E-state index contributed by atoms with van der Waals surface area (Å²) >= 11 is 5.98. The Hall–Kier alpha value is -3.59. The van der Waals surface area contributed by atoms with Gasteiger partial charge in [0.1, 0.15) is 5.75 Å². The van der Waals surface area contributed by atoms with Gasteiger partial charge in [-0.15, -0.1) is 0 Å². The average molecular weight is 487 g/mol. The minimum Gasteiger partial charge on any atom is -0.496 e. The van der Waals surface area contributed by atoms with Crippen molar-refractivity contribution in [2.45, 2.75) is 39.8 Å². The number of rotatable bonds is 9. The Morgan fingerprint density at radius 1 is 1.18 bits per heavy atom. The molecule has 1 atom stereocenters. The number of nitrogens with one attached hydrogen (secondary N) is 1. The van der Waals surface area contributed by atoms with Crippen molar-refractivity contribution < 1.29 is 14.6 Å². The molecule has 1 heterocycles. The van der Waals surface area contributed by atoms with Crippen LogP contribution in [0.5, 0.6) is 5.75 Å². The number of aryl methyl sites for hydroxylation is 1. The zero-order valence-corrected chi connectivity index (χ0v) is 20.0. The first-order valence-electron chi connectivity index (χ1n) is 10.9. The zero-order valence-electron chi connectivity index (χ0n) is 19.2. The molecule has 0 unspecified atom stereocenters. The highest BCUT2D eigenvalue weighted by Crippen LogP contribution is 2.25. The molecule has 1 aromatic heterocycles. The monoisotopic (exact) mass is 486 g/mol. The number of carboxylic acids is 1. The van der Waals surface area contributed by atoms with E-state index in [1.54, 1.807) is 43.5 Å². The van der Waals surface area contributed by atoms with E-state index in [0.717, 1.165) is 28.5 Å². The second-order valence-corrected chi connectivity index (χ2v) is 8.39. The minimum absolute atomic E-state index is 0.0365. The van der Waals surface area contributed by atoms with Crippen molar-refractivity contribution in [1.82, 2.24) is 14.1 Å². The molecule has 180 valence electrons. The number of hydrogen-bond donors (Lipinski definition) is 2. The van der Waals surface area contributed by atoms with Gasteiger partial charge in [-0.3, -0.25) is 14.3 Å². The number of H-pyrrole nitrogens is 1. The van der Waals surface area contributed by atoms with Gasteiger partial charge in [0.05, 0.1) is 25.3 Å². The number of ether oxygens (including phenoxy) is 1. The Bertz CT molecular complexity index is 1360. The van der Waals surface area contributed by atoms with Crippen LogP contribution >= 0.6 is 11.6 Å². The Balaban J connectivity index is 2.19. The van der Waals surface area contributed by atoms with E-state index in [9.17, 15) is 19.5 Å². The fourth-order valence-electron chi connectivity index (χ4n) is 3.47. The Labute approximate surface area is 200 Å². The summed E-state index contributed by atoms with van der Waals surface area (Å²) in [5, 5.41) is 9.79. The number of hydrogen-bond acceptors (Lipinski definition) is 5. The lowest BCUT2D eigenvalue weighted by Crippen LogP contribution is -2.51. The molecule has 9 nitrogen and oxygen atoms in total. The molecule has 0 spiro atoms. The van der Waals surface area contributed by atoms with Crippen LogP contribution in [-0.4, -0.2) is 32.3 Å². The standard InChI is InChI=1S/C24H27ClN4O5/c1-4-5-17-8-11-19(12-20(17)34-3)26-22-27-23(32)29(13-15(2)21(30)31)24(33)28(22)14-16-6-9-18(25)10-7-16/h6-12,15H,4-5,13-14H2,1-3H3,(H,30,31)(H,26,27,32)/t15-/m0/s1. The maximum absolute atomic E-state index is 13.3. The van der Waals surface area contributed by atoms with Gasteiger partial charge in [0.15, 0.2) is 0 Å². The van der Waals surface area contributed by atoms with E-state index in [4.69, 9.17) is 16.3 Å². The highest BCUT2D eigenvalue weighted by Gasteiger charge is 2.17. The van der Waals surface area contributed by atoms with Gasteiger partial charge in [-0.2, -0.15) is 0 Å². The third-order valence-corrected chi connectivity index (χ3v) is 5.59. The van der Waals surface area contributed by atoms with Crippen molar-refractivity contribution in [1.29, 1.82) is 0 Å². The fraction of sp³-hybridized carbons (Fsp3) is 0.333. The molecule has 0 fully saturated rings. The third kappa shape index (κ3) is 5.85. The lowest BCUT2D eigenvalue weighted by Gasteiger charge is -2.13. The molecular formula is C24H27ClN4O5. The summed E-state index contributed by atoms with van der Waals surface area (Å²) < 4.78 is 7.64. The van der Waals surface area contributed by atoms with Gasteiger partial charge < -0.3 is 9.84 Å². The SMILES string of the molecule is CCCc1ccc(/N=c2\[nH]c(=O)n(C[C@H](C)C(=O)O)c(=O)n2Cc2ccc(Cl)cc2)cc1OC. The van der Waals surface area contributed by atoms with Crippen molar-refractivity contribution in [3.63, 3.8) is 0 Å². The molecule has 34 heavy (non-hydrogen) atoms. The number of aliphatic carboxylic acids is 1. The van der Waals surface area contributed by atoms with Crippen LogP contribution in [0.2, 0.25) is 5.02 Å². The van der Waals surface area contributed by atoms with Crippen LogP contribution in [0.4, 0.5) is 5.69 Å². The van der Waals surface area contributed by atoms with Gasteiger partial charge in [0.2, 0.25) is 5.62 Å². The number of benzene rings is 2. The predicted octanol–water partition coefficient (Wildman–Crippen LogP) is 2.95. The van der Waals surface area contributed by atoms with E-state index in [1.807, 2.05) is 6.07 Å². The van der Waals surface area contributed by atoms with Crippen LogP contribution in [0.25, 0.3) is 0 Å². The van der Waals surface area contributed by atoms with Crippen molar-refractivity contribution in [2.75, 3.05) is 7.11 Å². The number of carbonyl (C=O) groups is 1. The quantitative estimate of drug-likeness (QED) is 0.482. The molecule has 3 rings (SSSR count). The molecule has 10 heteroatoms. The number of nitrogens with zero attached hydrogens (tertiary/aromatic N) is 3. The smallest absolute Gasteiger partial charge is 0.335 e. The van der Waals surface area contributed by atoms with E-state index in [0.29, 0.717) is 16.5 Å². The third-order valence-electron chi connectivity index (χ3n) is 5.34. The van der Waals surface area contributed by atoms with Gasteiger partial charge in [-0.25, -0.2) is 19.1 Å². The Morgan fingerprint density at radius 2 is 1.88 bits per heavy atom. The maximum Gasteiger partial charge on any atom is 0.335 e. The molecule has 0 saturated carbocycles. The van der Waals surface area contributed by atoms with Crippen LogP contribution in [-0.2, 0) is 24.3 Å². The molecule has 3 aromatic rings. The Morgan fingerprint density at radius 3 is 2.50 bits per heavy atom. The van der Waals surface area contributed by atoms with Crippen molar-refractivity contribution >= 4 is 23.3 Å². The molecule has 2 N–H and O–H groups in total. The largest absolute Gasteiger partial charge is 0.496 e. The number of methoxy groups -OCH3 is 1. The minimum atomic E-state index is -1.11. The van der Waals surface area contributed by atoms with Gasteiger partial charge in [0, 0.05) is 17.6 Å². The normalized spacial score (nSPS) is 12.5. The summed E-state index contributed by atoms with van der Waals surface area (Å²) in [6.07, 6.45) is 1.79. The van der Waals surface area contributed by atoms with Crippen LogP contribution < -0.4 is 21.7 Å². The van der Waals surface area contributed by atoms with Gasteiger partial charge >= 0.3 is 17.3 Å². The topological polar surface area (TPSA) is 119 Å². The van der Waals surface area contributed by atoms with Crippen LogP contribution in [0.15, 0.2) is 57.0 Å². The Kier molecular flexibility index (Phi) is 8.12. The van der Waals surface area contributed by atoms with E-state index in [1.165, 1.54) is 11.5 Å².